The molecule has 0 aromatic carbocycles. The number of hydrogen-bond acceptors (Lipinski definition) is 4. The third-order valence-electron chi connectivity index (χ3n) is 3.60. The zero-order chi connectivity index (χ0) is 13.3. The van der Waals surface area contributed by atoms with Crippen molar-refractivity contribution in [2.24, 2.45) is 12.8 Å². The summed E-state index contributed by atoms with van der Waals surface area (Å²) in [5.74, 6) is 0.485. The summed E-state index contributed by atoms with van der Waals surface area (Å²) in [4.78, 5) is 13.3. The van der Waals surface area contributed by atoms with Crippen molar-refractivity contribution in [3.8, 4) is 0 Å². The van der Waals surface area contributed by atoms with Crippen molar-refractivity contribution in [1.82, 2.24) is 9.78 Å². The van der Waals surface area contributed by atoms with E-state index >= 15 is 0 Å². The summed E-state index contributed by atoms with van der Waals surface area (Å²) in [6, 6.07) is 0.342. The van der Waals surface area contributed by atoms with Crippen LogP contribution in [-0.4, -0.2) is 28.3 Å². The van der Waals surface area contributed by atoms with Crippen LogP contribution in [0.4, 0.5) is 11.5 Å². The first-order chi connectivity index (χ1) is 8.50. The summed E-state index contributed by atoms with van der Waals surface area (Å²) < 4.78 is 1.74. The second-order valence-electron chi connectivity index (χ2n) is 4.98. The van der Waals surface area contributed by atoms with Crippen LogP contribution in [0, 0.1) is 6.92 Å². The molecular formula is C12H21N5O. The number of carbonyl (C=O) groups excluding carboxylic acids is 1. The van der Waals surface area contributed by atoms with Gasteiger partial charge in [-0.3, -0.25) is 9.48 Å². The van der Waals surface area contributed by atoms with Crippen LogP contribution in [0.1, 0.15) is 31.4 Å². The molecule has 1 aliphatic carbocycles. The third kappa shape index (κ3) is 2.27. The predicted molar refractivity (Wildman–Crippen MR) is 71.2 cm³/mol. The van der Waals surface area contributed by atoms with Gasteiger partial charge in [0.1, 0.15) is 0 Å². The quantitative estimate of drug-likeness (QED) is 0.817. The molecule has 1 aromatic rings. The molecule has 4 N–H and O–H groups in total. The van der Waals surface area contributed by atoms with E-state index in [4.69, 9.17) is 11.5 Å². The molecule has 100 valence electrons. The minimum atomic E-state index is -0.333. The maximum absolute atomic E-state index is 11.3. The fourth-order valence-corrected chi connectivity index (χ4v) is 2.76. The van der Waals surface area contributed by atoms with Crippen molar-refractivity contribution in [2.75, 3.05) is 17.2 Å². The number of nitrogens with zero attached hydrogens (tertiary/aromatic N) is 3. The Balaban J connectivity index is 2.35. The van der Waals surface area contributed by atoms with E-state index in [1.807, 2.05) is 18.9 Å². The first-order valence-corrected chi connectivity index (χ1v) is 6.34. The van der Waals surface area contributed by atoms with Gasteiger partial charge in [0.15, 0.2) is 5.82 Å². The van der Waals surface area contributed by atoms with Gasteiger partial charge in [-0.25, -0.2) is 0 Å². The fourth-order valence-electron chi connectivity index (χ4n) is 2.76. The van der Waals surface area contributed by atoms with Crippen molar-refractivity contribution >= 4 is 17.4 Å². The molecule has 6 nitrogen and oxygen atoms in total. The average Bonchev–Trinajstić information content (AvgIpc) is 2.87. The van der Waals surface area contributed by atoms with Crippen LogP contribution in [-0.2, 0) is 11.8 Å². The van der Waals surface area contributed by atoms with Crippen molar-refractivity contribution in [2.45, 2.75) is 38.6 Å². The highest BCUT2D eigenvalue weighted by Crippen LogP contribution is 2.32. The van der Waals surface area contributed by atoms with Gasteiger partial charge in [0, 0.05) is 13.1 Å². The molecule has 0 bridgehead atoms. The van der Waals surface area contributed by atoms with Crippen LogP contribution >= 0.6 is 0 Å². The molecule has 2 rings (SSSR count). The molecule has 1 saturated carbocycles. The highest BCUT2D eigenvalue weighted by atomic mass is 16.1. The first kappa shape index (κ1) is 12.7. The molecule has 0 radical (unpaired) electrons. The largest absolute Gasteiger partial charge is 0.394 e. The molecule has 0 unspecified atom stereocenters. The number of aromatic nitrogens is 2. The van der Waals surface area contributed by atoms with Gasteiger partial charge in [0.25, 0.3) is 0 Å². The molecule has 0 spiro atoms. The number of amides is 1. The highest BCUT2D eigenvalue weighted by molar-refractivity contribution is 5.81. The molecule has 1 aliphatic rings. The zero-order valence-electron chi connectivity index (χ0n) is 11.0. The lowest BCUT2D eigenvalue weighted by atomic mass is 10.2. The summed E-state index contributed by atoms with van der Waals surface area (Å²) in [5.41, 5.74) is 12.9. The van der Waals surface area contributed by atoms with E-state index in [1.54, 1.807) is 4.68 Å². The predicted octanol–water partition coefficient (Wildman–Crippen LogP) is 0.545. The number of carbonyl (C=O) groups is 1. The Hall–Kier alpha value is -1.72. The average molecular weight is 251 g/mol. The number of hydrogen-bond donors (Lipinski definition) is 2. The molecular weight excluding hydrogens is 230 g/mol. The lowest BCUT2D eigenvalue weighted by Gasteiger charge is -2.30. The maximum atomic E-state index is 11.3. The number of aryl methyl sites for hydroxylation is 2. The molecule has 1 heterocycles. The summed E-state index contributed by atoms with van der Waals surface area (Å²) in [6.07, 6.45) is 4.54. The van der Waals surface area contributed by atoms with Crippen LogP contribution < -0.4 is 16.4 Å². The number of primary amides is 1. The summed E-state index contributed by atoms with van der Waals surface area (Å²) >= 11 is 0. The fraction of sp³-hybridized carbons (Fsp3) is 0.667. The van der Waals surface area contributed by atoms with E-state index < -0.39 is 0 Å². The molecule has 1 amide bonds. The minimum absolute atomic E-state index is 0.202. The SMILES string of the molecule is Cc1nn(C)c(N(CC(N)=O)C2CCCC2)c1N. The van der Waals surface area contributed by atoms with Gasteiger partial charge in [-0.05, 0) is 19.8 Å². The number of anilines is 2. The first-order valence-electron chi connectivity index (χ1n) is 6.34. The Morgan fingerprint density at radius 2 is 2.11 bits per heavy atom. The second-order valence-corrected chi connectivity index (χ2v) is 4.98. The van der Waals surface area contributed by atoms with Gasteiger partial charge >= 0.3 is 0 Å². The molecule has 0 saturated heterocycles. The van der Waals surface area contributed by atoms with Gasteiger partial charge in [0.2, 0.25) is 5.91 Å². The van der Waals surface area contributed by atoms with Crippen molar-refractivity contribution in [1.29, 1.82) is 0 Å². The lowest BCUT2D eigenvalue weighted by Crippen LogP contribution is -2.41. The second kappa shape index (κ2) is 4.88. The van der Waals surface area contributed by atoms with Crippen LogP contribution in [0.2, 0.25) is 0 Å². The van der Waals surface area contributed by atoms with E-state index in [1.165, 1.54) is 12.8 Å². The molecule has 6 heteroatoms. The van der Waals surface area contributed by atoms with E-state index in [0.717, 1.165) is 24.4 Å². The molecule has 1 fully saturated rings. The molecule has 0 aliphatic heterocycles. The van der Waals surface area contributed by atoms with Crippen molar-refractivity contribution in [3.63, 3.8) is 0 Å². The van der Waals surface area contributed by atoms with Crippen LogP contribution in [0.15, 0.2) is 0 Å². The van der Waals surface area contributed by atoms with Crippen LogP contribution in [0.25, 0.3) is 0 Å². The number of nitrogen functional groups attached to an aromatic ring is 1. The van der Waals surface area contributed by atoms with Gasteiger partial charge in [-0.15, -0.1) is 0 Å². The monoisotopic (exact) mass is 251 g/mol. The number of rotatable bonds is 4. The van der Waals surface area contributed by atoms with E-state index in [9.17, 15) is 4.79 Å². The smallest absolute Gasteiger partial charge is 0.237 e. The van der Waals surface area contributed by atoms with Crippen LogP contribution in [0.5, 0.6) is 0 Å². The Morgan fingerprint density at radius 3 is 2.56 bits per heavy atom. The van der Waals surface area contributed by atoms with E-state index in [-0.39, 0.29) is 12.5 Å². The summed E-state index contributed by atoms with van der Waals surface area (Å²) in [7, 11) is 1.85. The standard InChI is InChI=1S/C12H21N5O/c1-8-11(14)12(16(2)15-8)17(7-10(13)18)9-5-3-4-6-9/h9H,3-7,14H2,1-2H3,(H2,13,18). The topological polar surface area (TPSA) is 90.2 Å². The Kier molecular flexibility index (Phi) is 3.45. The molecule has 18 heavy (non-hydrogen) atoms. The Morgan fingerprint density at radius 1 is 1.50 bits per heavy atom. The summed E-state index contributed by atoms with van der Waals surface area (Å²) in [6.45, 7) is 2.07. The molecule has 1 aromatic heterocycles. The van der Waals surface area contributed by atoms with E-state index in [0.29, 0.717) is 11.7 Å². The van der Waals surface area contributed by atoms with Crippen molar-refractivity contribution < 1.29 is 4.79 Å². The lowest BCUT2D eigenvalue weighted by molar-refractivity contribution is -0.116. The maximum Gasteiger partial charge on any atom is 0.237 e. The third-order valence-corrected chi connectivity index (χ3v) is 3.60. The summed E-state index contributed by atoms with van der Waals surface area (Å²) in [5, 5.41) is 4.31. The highest BCUT2D eigenvalue weighted by Gasteiger charge is 2.28. The van der Waals surface area contributed by atoms with Crippen molar-refractivity contribution in [3.05, 3.63) is 5.69 Å². The normalized spacial score (nSPS) is 16.1. The van der Waals surface area contributed by atoms with Gasteiger partial charge in [0.05, 0.1) is 17.9 Å². The van der Waals surface area contributed by atoms with Gasteiger partial charge in [-0.1, -0.05) is 12.8 Å². The Bertz CT molecular complexity index is 448. The zero-order valence-corrected chi connectivity index (χ0v) is 11.0. The molecule has 0 atom stereocenters. The van der Waals surface area contributed by atoms with Crippen LogP contribution in [0.3, 0.4) is 0 Å². The minimum Gasteiger partial charge on any atom is -0.394 e. The van der Waals surface area contributed by atoms with Gasteiger partial charge < -0.3 is 16.4 Å². The number of nitrogens with two attached hydrogens (primary N) is 2. The van der Waals surface area contributed by atoms with Gasteiger partial charge in [-0.2, -0.15) is 5.10 Å². The Labute approximate surface area is 107 Å². The van der Waals surface area contributed by atoms with E-state index in [2.05, 4.69) is 5.10 Å².